The van der Waals surface area contributed by atoms with Gasteiger partial charge < -0.3 is 15.5 Å². The molecule has 3 rings (SSSR count). The second-order valence-corrected chi connectivity index (χ2v) is 9.05. The second-order valence-electron chi connectivity index (χ2n) is 7.53. The summed E-state index contributed by atoms with van der Waals surface area (Å²) in [6.45, 7) is 2.95. The highest BCUT2D eigenvalue weighted by Gasteiger charge is 2.19. The van der Waals surface area contributed by atoms with Gasteiger partial charge in [-0.05, 0) is 44.8 Å². The number of thiazole rings is 1. The SMILES string of the molecule is Cc1nc(Cc2cc(F)cc(Cl)c2)sc1NC(=O)c1cc(C(=O)NCCN(C)C)nn1C. The van der Waals surface area contributed by atoms with Gasteiger partial charge in [-0.2, -0.15) is 5.10 Å². The van der Waals surface area contributed by atoms with Crippen molar-refractivity contribution in [2.75, 3.05) is 32.5 Å². The van der Waals surface area contributed by atoms with E-state index in [0.717, 1.165) is 0 Å². The number of aromatic nitrogens is 3. The smallest absolute Gasteiger partial charge is 0.274 e. The first-order valence-electron chi connectivity index (χ1n) is 9.82. The molecule has 3 aromatic rings. The van der Waals surface area contributed by atoms with Gasteiger partial charge in [0.15, 0.2) is 5.69 Å². The fourth-order valence-electron chi connectivity index (χ4n) is 2.97. The van der Waals surface area contributed by atoms with Crippen molar-refractivity contribution in [2.24, 2.45) is 7.05 Å². The van der Waals surface area contributed by atoms with Crippen LogP contribution in [0.5, 0.6) is 0 Å². The molecule has 11 heteroatoms. The summed E-state index contributed by atoms with van der Waals surface area (Å²) in [5.41, 5.74) is 1.75. The second kappa shape index (κ2) is 10.2. The number of likely N-dealkylation sites (N-methyl/N-ethyl adjacent to an activating group) is 1. The van der Waals surface area contributed by atoms with Gasteiger partial charge in [-0.1, -0.05) is 11.6 Å². The minimum Gasteiger partial charge on any atom is -0.349 e. The van der Waals surface area contributed by atoms with Crippen LogP contribution < -0.4 is 10.6 Å². The number of carbonyl (C=O) groups is 2. The summed E-state index contributed by atoms with van der Waals surface area (Å²) in [5, 5.41) is 11.3. The molecule has 32 heavy (non-hydrogen) atoms. The summed E-state index contributed by atoms with van der Waals surface area (Å²) in [6, 6.07) is 5.78. The van der Waals surface area contributed by atoms with Crippen molar-refractivity contribution in [1.29, 1.82) is 0 Å². The fraction of sp³-hybridized carbons (Fsp3) is 0.333. The molecular weight excluding hydrogens is 455 g/mol. The molecule has 0 saturated carbocycles. The molecule has 0 aliphatic heterocycles. The van der Waals surface area contributed by atoms with E-state index in [9.17, 15) is 14.0 Å². The van der Waals surface area contributed by atoms with Gasteiger partial charge in [0.05, 0.1) is 10.7 Å². The van der Waals surface area contributed by atoms with Crippen molar-refractivity contribution in [3.05, 3.63) is 62.8 Å². The van der Waals surface area contributed by atoms with Gasteiger partial charge in [0.1, 0.15) is 16.5 Å². The third kappa shape index (κ3) is 6.12. The molecular formula is C21H24ClFN6O2S. The van der Waals surface area contributed by atoms with Gasteiger partial charge in [0, 0.05) is 37.6 Å². The molecule has 1 aromatic carbocycles. The number of aryl methyl sites for hydroxylation is 2. The van der Waals surface area contributed by atoms with E-state index in [0.29, 0.717) is 45.8 Å². The van der Waals surface area contributed by atoms with E-state index in [-0.39, 0.29) is 17.3 Å². The summed E-state index contributed by atoms with van der Waals surface area (Å²) >= 11 is 7.22. The maximum absolute atomic E-state index is 13.6. The summed E-state index contributed by atoms with van der Waals surface area (Å²) in [6.07, 6.45) is 0.391. The maximum Gasteiger partial charge on any atom is 0.274 e. The lowest BCUT2D eigenvalue weighted by Gasteiger charge is -2.09. The Bertz CT molecular complexity index is 1120. The van der Waals surface area contributed by atoms with E-state index in [1.165, 1.54) is 34.2 Å². The van der Waals surface area contributed by atoms with Crippen molar-refractivity contribution in [2.45, 2.75) is 13.3 Å². The number of amides is 2. The molecule has 0 spiro atoms. The summed E-state index contributed by atoms with van der Waals surface area (Å²) in [4.78, 5) is 31.5. The van der Waals surface area contributed by atoms with Gasteiger partial charge in [-0.3, -0.25) is 14.3 Å². The van der Waals surface area contributed by atoms with Gasteiger partial charge in [0.2, 0.25) is 0 Å². The van der Waals surface area contributed by atoms with E-state index in [4.69, 9.17) is 11.6 Å². The quantitative estimate of drug-likeness (QED) is 0.519. The Hall–Kier alpha value is -2.82. The number of carbonyl (C=O) groups excluding carboxylic acids is 2. The minimum absolute atomic E-state index is 0.168. The summed E-state index contributed by atoms with van der Waals surface area (Å²) in [7, 11) is 5.43. The van der Waals surface area contributed by atoms with Crippen LogP contribution in [0.3, 0.4) is 0 Å². The Balaban J connectivity index is 1.68. The van der Waals surface area contributed by atoms with Crippen molar-refractivity contribution in [3.63, 3.8) is 0 Å². The third-order valence-corrected chi connectivity index (χ3v) is 5.83. The van der Waals surface area contributed by atoms with Crippen LogP contribution in [0, 0.1) is 12.7 Å². The topological polar surface area (TPSA) is 92.2 Å². The Morgan fingerprint density at radius 1 is 1.22 bits per heavy atom. The van der Waals surface area contributed by atoms with Gasteiger partial charge in [-0.25, -0.2) is 9.37 Å². The Morgan fingerprint density at radius 2 is 1.97 bits per heavy atom. The maximum atomic E-state index is 13.6. The normalized spacial score (nSPS) is 11.1. The number of hydrogen-bond acceptors (Lipinski definition) is 6. The van der Waals surface area contributed by atoms with Crippen LogP contribution in [-0.2, 0) is 13.5 Å². The number of anilines is 1. The minimum atomic E-state index is -0.410. The van der Waals surface area contributed by atoms with Crippen LogP contribution in [-0.4, -0.2) is 58.7 Å². The molecule has 0 radical (unpaired) electrons. The van der Waals surface area contributed by atoms with Crippen LogP contribution in [0.2, 0.25) is 5.02 Å². The van der Waals surface area contributed by atoms with Crippen molar-refractivity contribution in [3.8, 4) is 0 Å². The molecule has 0 atom stereocenters. The Morgan fingerprint density at radius 3 is 2.66 bits per heavy atom. The first kappa shape index (κ1) is 23.8. The highest BCUT2D eigenvalue weighted by atomic mass is 35.5. The monoisotopic (exact) mass is 478 g/mol. The lowest BCUT2D eigenvalue weighted by atomic mass is 10.1. The average molecular weight is 479 g/mol. The van der Waals surface area contributed by atoms with E-state index >= 15 is 0 Å². The molecule has 2 amide bonds. The highest BCUT2D eigenvalue weighted by molar-refractivity contribution is 7.16. The van der Waals surface area contributed by atoms with Crippen molar-refractivity contribution in [1.82, 2.24) is 25.0 Å². The molecule has 2 aromatic heterocycles. The molecule has 0 saturated heterocycles. The molecule has 0 unspecified atom stereocenters. The van der Waals surface area contributed by atoms with E-state index in [2.05, 4.69) is 20.7 Å². The zero-order valence-corrected chi connectivity index (χ0v) is 19.8. The Labute approximate surface area is 194 Å². The van der Waals surface area contributed by atoms with E-state index in [1.54, 1.807) is 20.0 Å². The zero-order chi connectivity index (χ0) is 23.4. The molecule has 0 fully saturated rings. The van der Waals surface area contributed by atoms with E-state index < -0.39 is 11.7 Å². The van der Waals surface area contributed by atoms with Crippen LogP contribution >= 0.6 is 22.9 Å². The average Bonchev–Trinajstić information content (AvgIpc) is 3.23. The number of halogens is 2. The standard InChI is InChI=1S/C21H24ClFN6O2S/c1-12-21(32-18(25-12)9-13-7-14(22)10-15(23)8-13)26-20(31)17-11-16(27-29(17)4)19(30)24-5-6-28(2)3/h7-8,10-11H,5-6,9H2,1-4H3,(H,24,30)(H,26,31). The lowest BCUT2D eigenvalue weighted by Crippen LogP contribution is -2.31. The van der Waals surface area contributed by atoms with Gasteiger partial charge >= 0.3 is 0 Å². The van der Waals surface area contributed by atoms with Gasteiger partial charge in [-0.15, -0.1) is 11.3 Å². The number of rotatable bonds is 8. The molecule has 0 aliphatic carbocycles. The van der Waals surface area contributed by atoms with Crippen LogP contribution in [0.4, 0.5) is 9.39 Å². The molecule has 2 heterocycles. The number of nitrogens with one attached hydrogen (secondary N) is 2. The number of nitrogens with zero attached hydrogens (tertiary/aromatic N) is 4. The van der Waals surface area contributed by atoms with Crippen LogP contribution in [0.15, 0.2) is 24.3 Å². The zero-order valence-electron chi connectivity index (χ0n) is 18.2. The predicted octanol–water partition coefficient (Wildman–Crippen LogP) is 3.11. The Kier molecular flexibility index (Phi) is 7.60. The van der Waals surface area contributed by atoms with Crippen LogP contribution in [0.1, 0.15) is 37.2 Å². The van der Waals surface area contributed by atoms with Crippen molar-refractivity contribution >= 4 is 39.8 Å². The molecule has 8 nitrogen and oxygen atoms in total. The fourth-order valence-corrected chi connectivity index (χ4v) is 4.21. The lowest BCUT2D eigenvalue weighted by molar-refractivity contribution is 0.0944. The molecule has 2 N–H and O–H groups in total. The summed E-state index contributed by atoms with van der Waals surface area (Å²) in [5.74, 6) is -1.15. The van der Waals surface area contributed by atoms with Crippen LogP contribution in [0.25, 0.3) is 0 Å². The number of hydrogen-bond donors (Lipinski definition) is 2. The summed E-state index contributed by atoms with van der Waals surface area (Å²) < 4.78 is 14.9. The van der Waals surface area contributed by atoms with E-state index in [1.807, 2.05) is 19.0 Å². The molecule has 0 bridgehead atoms. The molecule has 170 valence electrons. The first-order chi connectivity index (χ1) is 15.1. The van der Waals surface area contributed by atoms with Crippen molar-refractivity contribution < 1.29 is 14.0 Å². The van der Waals surface area contributed by atoms with Gasteiger partial charge in [0.25, 0.3) is 11.8 Å². The highest BCUT2D eigenvalue weighted by Crippen LogP contribution is 2.27. The first-order valence-corrected chi connectivity index (χ1v) is 11.0. The third-order valence-electron chi connectivity index (χ3n) is 4.54. The largest absolute Gasteiger partial charge is 0.349 e. The molecule has 0 aliphatic rings. The predicted molar refractivity (Wildman–Crippen MR) is 123 cm³/mol. The number of benzene rings is 1.